The van der Waals surface area contributed by atoms with Crippen LogP contribution in [0.5, 0.6) is 0 Å². The Morgan fingerprint density at radius 3 is 1.22 bits per heavy atom. The molecule has 0 amide bonds. The number of benzene rings is 7. The molecule has 0 saturated carbocycles. The molecule has 4 aromatic heterocycles. The molecular weight excluding hydrogens is 625 g/mol. The van der Waals surface area contributed by atoms with Gasteiger partial charge in [-0.1, -0.05) is 121 Å². The molecule has 0 spiro atoms. The Balaban J connectivity index is 1.40. The summed E-state index contributed by atoms with van der Waals surface area (Å²) in [6.45, 7) is 0. The maximum atomic E-state index is 9.23. The first-order valence-corrected chi connectivity index (χ1v) is 15.3. The average Bonchev–Trinajstić information content (AvgIpc) is 4.06. The lowest BCUT2D eigenvalue weighted by Gasteiger charge is -2.16. The number of aromatic nitrogens is 6. The minimum atomic E-state index is -0.803. The normalized spacial score (nSPS) is 18.2. The highest BCUT2D eigenvalue weighted by Crippen LogP contribution is 2.37. The van der Waals surface area contributed by atoms with E-state index >= 15 is 0 Å². The SMILES string of the molecule is [2H]c1cc2c3c([2H])c([2H])c([2H])c([2H])c3n(-c3ccccc3-c3nc(-n4c5c([2H])c([2H])c([2H])c([2H])c5c5c([2H])c([2H])c([2H])c([2H])c54)nc(-n4c5c([2H])c([2H])c([2H])c([2H])c5c5c([2H])c([2H])c([2H])c([2H])c54)n3)c2c([2H])c1[2H]. The van der Waals surface area contributed by atoms with Gasteiger partial charge in [0.2, 0.25) is 11.9 Å². The van der Waals surface area contributed by atoms with Crippen molar-refractivity contribution in [2.24, 2.45) is 0 Å². The fraction of sp³-hybridized carbons (Fsp3) is 0. The van der Waals surface area contributed by atoms with E-state index in [9.17, 15) is 8.22 Å². The van der Waals surface area contributed by atoms with E-state index in [1.165, 1.54) is 34.9 Å². The van der Waals surface area contributed by atoms with Gasteiger partial charge in [-0.15, -0.1) is 0 Å². The minimum Gasteiger partial charge on any atom is -0.309 e. The summed E-state index contributed by atoms with van der Waals surface area (Å²) in [7, 11) is 0. The highest BCUT2D eigenvalue weighted by molar-refractivity contribution is 6.11. The monoisotopic (exact) mass is 675 g/mol. The summed E-state index contributed by atoms with van der Waals surface area (Å²) in [5.41, 5.74) is -2.38. The van der Waals surface area contributed by atoms with Crippen LogP contribution in [-0.2, 0) is 0 Å². The van der Waals surface area contributed by atoms with Gasteiger partial charge in [0.1, 0.15) is 0 Å². The lowest BCUT2D eigenvalue weighted by molar-refractivity contribution is 0.892. The maximum Gasteiger partial charge on any atom is 0.240 e. The van der Waals surface area contributed by atoms with Gasteiger partial charge in [0.05, 0.1) is 70.3 Å². The number of fused-ring (bicyclic) bond motifs is 9. The molecule has 0 fully saturated rings. The zero-order valence-electron chi connectivity index (χ0n) is 48.6. The second-order valence-electron chi connectivity index (χ2n) is 11.2. The molecule has 0 atom stereocenters. The van der Waals surface area contributed by atoms with E-state index in [1.807, 2.05) is 0 Å². The Labute approximate surface area is 324 Å². The second kappa shape index (κ2) is 10.7. The zero-order chi connectivity index (χ0) is 53.5. The molecule has 11 aromatic rings. The second-order valence-corrected chi connectivity index (χ2v) is 11.2. The summed E-state index contributed by atoms with van der Waals surface area (Å²) in [5.74, 6) is -1.83. The fourth-order valence-electron chi connectivity index (χ4n) is 6.50. The van der Waals surface area contributed by atoms with Crippen molar-refractivity contribution in [1.29, 1.82) is 0 Å². The highest BCUT2D eigenvalue weighted by atomic mass is 15.3. The van der Waals surface area contributed by atoms with Crippen molar-refractivity contribution in [1.82, 2.24) is 28.7 Å². The van der Waals surface area contributed by atoms with E-state index in [-0.39, 0.29) is 54.6 Å². The van der Waals surface area contributed by atoms with E-state index < -0.39 is 179 Å². The fourth-order valence-corrected chi connectivity index (χ4v) is 6.50. The van der Waals surface area contributed by atoms with E-state index in [4.69, 9.17) is 38.3 Å². The summed E-state index contributed by atoms with van der Waals surface area (Å²) in [5, 5.41) is -1.67. The standard InChI is InChI=1S/C45H28N6/c1-8-22-36-29(15-1)30-16-2-9-23-37(30)49(36)42-28-14-7-21-35(42)43-46-44(50-38-24-10-3-17-31(38)32-18-4-11-25-39(32)50)48-45(47-43)51-40-26-12-5-19-33(40)34-20-6-13-27-41(34)51/h1-28H/i1D,2D,3D,4D,5D,6D,8D,9D,10D,11D,12D,13D,15D,17D,18D,19D,20D,22D,23D,24D,25D,26D,27D. The molecule has 0 aliphatic heterocycles. The predicted molar refractivity (Wildman–Crippen MR) is 208 cm³/mol. The highest BCUT2D eigenvalue weighted by Gasteiger charge is 2.22. The van der Waals surface area contributed by atoms with Crippen molar-refractivity contribution in [3.05, 3.63) is 169 Å². The lowest BCUT2D eigenvalue weighted by Crippen LogP contribution is -2.11. The molecule has 0 aliphatic rings. The van der Waals surface area contributed by atoms with Crippen molar-refractivity contribution >= 4 is 65.4 Å². The first-order chi connectivity index (χ1) is 34.9. The van der Waals surface area contributed by atoms with Crippen molar-refractivity contribution in [3.63, 3.8) is 0 Å². The largest absolute Gasteiger partial charge is 0.309 e. The summed E-state index contributed by atoms with van der Waals surface area (Å²) in [6, 6.07) is -9.14. The number of hydrogen-bond acceptors (Lipinski definition) is 3. The third kappa shape index (κ3) is 4.01. The number of rotatable bonds is 4. The van der Waals surface area contributed by atoms with Crippen molar-refractivity contribution in [3.8, 4) is 29.0 Å². The molecular formula is C45H28N6. The third-order valence-electron chi connectivity index (χ3n) is 8.57. The Morgan fingerprint density at radius 2 is 0.725 bits per heavy atom. The molecule has 6 nitrogen and oxygen atoms in total. The van der Waals surface area contributed by atoms with Gasteiger partial charge in [-0.3, -0.25) is 9.13 Å². The molecule has 4 heterocycles. The molecule has 11 rings (SSSR count). The van der Waals surface area contributed by atoms with Gasteiger partial charge in [-0.25, -0.2) is 0 Å². The number of nitrogens with zero attached hydrogens (tertiary/aromatic N) is 6. The summed E-state index contributed by atoms with van der Waals surface area (Å²) in [6.07, 6.45) is 0. The van der Waals surface area contributed by atoms with E-state index in [0.29, 0.717) is 0 Å². The topological polar surface area (TPSA) is 53.5 Å². The number of hydrogen-bond donors (Lipinski definition) is 0. The Kier molecular flexibility index (Phi) is 2.88. The zero-order valence-corrected chi connectivity index (χ0v) is 25.6. The summed E-state index contributed by atoms with van der Waals surface area (Å²) < 4.78 is 207. The minimum absolute atomic E-state index is 0.00747. The average molecular weight is 676 g/mol. The van der Waals surface area contributed by atoms with Crippen LogP contribution in [0.3, 0.4) is 0 Å². The van der Waals surface area contributed by atoms with Crippen LogP contribution in [0.25, 0.3) is 94.4 Å². The first kappa shape index (κ1) is 13.7. The Hall–Kier alpha value is -7.05. The van der Waals surface area contributed by atoms with Gasteiger partial charge in [0.15, 0.2) is 5.82 Å². The van der Waals surface area contributed by atoms with Crippen LogP contribution >= 0.6 is 0 Å². The van der Waals surface area contributed by atoms with Gasteiger partial charge >= 0.3 is 0 Å². The number of para-hydroxylation sites is 7. The van der Waals surface area contributed by atoms with Crippen LogP contribution < -0.4 is 0 Å². The van der Waals surface area contributed by atoms with Gasteiger partial charge in [0.25, 0.3) is 0 Å². The molecule has 7 aromatic carbocycles. The van der Waals surface area contributed by atoms with Crippen LogP contribution in [0.4, 0.5) is 0 Å². The molecule has 0 N–H and O–H groups in total. The van der Waals surface area contributed by atoms with Gasteiger partial charge in [-0.2, -0.15) is 15.0 Å². The predicted octanol–water partition coefficient (Wildman–Crippen LogP) is 10.8. The van der Waals surface area contributed by atoms with E-state index in [2.05, 4.69) is 0 Å². The van der Waals surface area contributed by atoms with Gasteiger partial charge < -0.3 is 4.57 Å². The Bertz CT molecular complexity index is 4150. The first-order valence-electron chi connectivity index (χ1n) is 26.8. The van der Waals surface area contributed by atoms with Crippen LogP contribution in [0.2, 0.25) is 0 Å². The molecule has 6 heteroatoms. The molecule has 0 unspecified atom stereocenters. The molecule has 51 heavy (non-hydrogen) atoms. The molecule has 0 bridgehead atoms. The molecule has 0 saturated heterocycles. The van der Waals surface area contributed by atoms with Crippen LogP contribution in [0.1, 0.15) is 31.5 Å². The summed E-state index contributed by atoms with van der Waals surface area (Å²) in [4.78, 5) is 14.3. The van der Waals surface area contributed by atoms with Crippen molar-refractivity contribution in [2.75, 3.05) is 0 Å². The van der Waals surface area contributed by atoms with Crippen molar-refractivity contribution in [2.45, 2.75) is 0 Å². The summed E-state index contributed by atoms with van der Waals surface area (Å²) >= 11 is 0. The lowest BCUT2D eigenvalue weighted by atomic mass is 10.1. The van der Waals surface area contributed by atoms with Gasteiger partial charge in [-0.05, 0) is 48.4 Å². The van der Waals surface area contributed by atoms with Crippen molar-refractivity contribution < 1.29 is 31.5 Å². The van der Waals surface area contributed by atoms with E-state index in [1.54, 1.807) is 0 Å². The van der Waals surface area contributed by atoms with Crippen LogP contribution in [0.15, 0.2) is 169 Å². The van der Waals surface area contributed by atoms with E-state index in [0.717, 1.165) is 9.13 Å². The van der Waals surface area contributed by atoms with Crippen LogP contribution in [-0.4, -0.2) is 28.7 Å². The maximum absolute atomic E-state index is 9.23. The molecule has 0 radical (unpaired) electrons. The Morgan fingerprint density at radius 1 is 0.353 bits per heavy atom. The smallest absolute Gasteiger partial charge is 0.240 e. The quantitative estimate of drug-likeness (QED) is 0.187. The molecule has 238 valence electrons. The third-order valence-corrected chi connectivity index (χ3v) is 8.57. The molecule has 0 aliphatic carbocycles. The van der Waals surface area contributed by atoms with Crippen LogP contribution in [0, 0.1) is 0 Å². The van der Waals surface area contributed by atoms with Gasteiger partial charge in [0, 0.05) is 37.9 Å².